The molecule has 1 rings (SSSR count). The van der Waals surface area contributed by atoms with Crippen LogP contribution in [0.2, 0.25) is 0 Å². The molecule has 1 N–H and O–H groups in total. The fourth-order valence-corrected chi connectivity index (χ4v) is 1.51. The maximum atomic E-state index is 11.8. The molecule has 21 heavy (non-hydrogen) atoms. The zero-order chi connectivity index (χ0) is 15.0. The summed E-state index contributed by atoms with van der Waals surface area (Å²) in [5.41, 5.74) is 1.32. The van der Waals surface area contributed by atoms with Crippen LogP contribution in [0.4, 0.5) is 0 Å². The molecular weight excluding hydrogens is 281 g/mol. The molecule has 0 saturated heterocycles. The Balaban J connectivity index is 0.00000400. The zero-order valence-electron chi connectivity index (χ0n) is 12.7. The van der Waals surface area contributed by atoms with Gasteiger partial charge in [-0.2, -0.15) is 0 Å². The second-order valence-corrected chi connectivity index (χ2v) is 4.21. The van der Waals surface area contributed by atoms with E-state index in [1.54, 1.807) is 13.8 Å². The molecule has 0 bridgehead atoms. The molecule has 1 atom stereocenters. The van der Waals surface area contributed by atoms with Crippen molar-refractivity contribution in [3.05, 3.63) is 48.2 Å². The Kier molecular flexibility index (Phi) is 9.78. The number of hydrogen-bond donors (Lipinski definition) is 1. The van der Waals surface area contributed by atoms with Gasteiger partial charge in [-0.25, -0.2) is 4.79 Å². The van der Waals surface area contributed by atoms with Crippen molar-refractivity contribution >= 4 is 41.5 Å². The molecule has 0 fully saturated rings. The van der Waals surface area contributed by atoms with Crippen molar-refractivity contribution in [2.45, 2.75) is 26.5 Å². The van der Waals surface area contributed by atoms with Crippen LogP contribution in [0.5, 0.6) is 0 Å². The Morgan fingerprint density at radius 3 is 2.43 bits per heavy atom. The van der Waals surface area contributed by atoms with Crippen LogP contribution in [0.3, 0.4) is 0 Å². The van der Waals surface area contributed by atoms with Crippen LogP contribution in [-0.2, 0) is 25.5 Å². The van der Waals surface area contributed by atoms with Gasteiger partial charge < -0.3 is 14.8 Å². The first-order valence-electron chi connectivity index (χ1n) is 6.35. The number of rotatable bonds is 7. The normalized spacial score (nSPS) is 10.8. The fraction of sp³-hybridized carbons (Fsp3) is 0.333. The summed E-state index contributed by atoms with van der Waals surface area (Å²) in [6.07, 6.45) is -1.07. The van der Waals surface area contributed by atoms with E-state index in [0.717, 1.165) is 5.56 Å². The number of hydrogen-bond acceptors (Lipinski definition) is 5. The van der Waals surface area contributed by atoms with Crippen molar-refractivity contribution in [3.63, 3.8) is 0 Å². The molecule has 0 aliphatic heterocycles. The summed E-state index contributed by atoms with van der Waals surface area (Å²) in [5, 5.41) is 2.67. The minimum Gasteiger partial charge on any atom is -0.462 e. The third-order valence-electron chi connectivity index (χ3n) is 2.32. The summed E-state index contributed by atoms with van der Waals surface area (Å²) in [5.74, 6) is -1.15. The van der Waals surface area contributed by atoms with E-state index in [-0.39, 0.29) is 42.6 Å². The van der Waals surface area contributed by atoms with Gasteiger partial charge in [0.05, 0.1) is 13.0 Å². The number of ether oxygens (including phenoxy) is 2. The predicted molar refractivity (Wildman–Crippen MR) is 80.4 cm³/mol. The second kappa shape index (κ2) is 10.4. The second-order valence-electron chi connectivity index (χ2n) is 4.21. The van der Waals surface area contributed by atoms with Crippen LogP contribution in [0.15, 0.2) is 42.6 Å². The molecule has 0 amide bonds. The van der Waals surface area contributed by atoms with Gasteiger partial charge in [0.25, 0.3) is 6.23 Å². The molecule has 0 saturated carbocycles. The van der Waals surface area contributed by atoms with Gasteiger partial charge in [0, 0.05) is 35.3 Å². The van der Waals surface area contributed by atoms with Crippen molar-refractivity contribution in [2.75, 3.05) is 6.61 Å². The molecule has 1 aromatic carbocycles. The van der Waals surface area contributed by atoms with E-state index in [1.165, 1.54) is 0 Å². The predicted octanol–water partition coefficient (Wildman–Crippen LogP) is 1.40. The van der Waals surface area contributed by atoms with E-state index in [0.29, 0.717) is 5.70 Å². The molecule has 0 aromatic heterocycles. The Labute approximate surface area is 147 Å². The van der Waals surface area contributed by atoms with E-state index in [9.17, 15) is 9.59 Å². The molecule has 1 unspecified atom stereocenters. The summed E-state index contributed by atoms with van der Waals surface area (Å²) < 4.78 is 9.93. The molecule has 1 radical (unpaired) electrons. The van der Waals surface area contributed by atoms with Crippen LogP contribution in [0, 0.1) is 0 Å². The molecule has 1 aromatic rings. The number of nitrogens with one attached hydrogen (secondary N) is 1. The van der Waals surface area contributed by atoms with Crippen LogP contribution >= 0.6 is 0 Å². The monoisotopic (exact) mass is 300 g/mol. The smallest absolute Gasteiger partial charge is 0.369 e. The van der Waals surface area contributed by atoms with Crippen molar-refractivity contribution in [1.82, 2.24) is 5.32 Å². The van der Waals surface area contributed by atoms with Gasteiger partial charge >= 0.3 is 11.9 Å². The maximum absolute atomic E-state index is 11.8. The van der Waals surface area contributed by atoms with Crippen molar-refractivity contribution in [3.8, 4) is 0 Å². The van der Waals surface area contributed by atoms with Crippen LogP contribution in [0.25, 0.3) is 0 Å². The Bertz CT molecular complexity index is 476. The third kappa shape index (κ3) is 7.90. The first kappa shape index (κ1) is 19.7. The van der Waals surface area contributed by atoms with Crippen LogP contribution in [-0.4, -0.2) is 54.3 Å². The first-order valence-corrected chi connectivity index (χ1v) is 6.35. The molecule has 5 nitrogen and oxygen atoms in total. The Morgan fingerprint density at radius 2 is 1.90 bits per heavy atom. The molecule has 0 aliphatic carbocycles. The first-order chi connectivity index (χ1) is 9.52. The van der Waals surface area contributed by atoms with Gasteiger partial charge in [-0.05, 0) is 19.4 Å². The van der Waals surface area contributed by atoms with E-state index in [2.05, 4.69) is 11.9 Å². The summed E-state index contributed by atoms with van der Waals surface area (Å²) in [4.78, 5) is 23.5. The fourth-order valence-electron chi connectivity index (χ4n) is 1.51. The van der Waals surface area contributed by atoms with Crippen molar-refractivity contribution in [1.29, 1.82) is 0 Å². The number of esters is 2. The average Bonchev–Trinajstić information content (AvgIpc) is 2.38. The van der Waals surface area contributed by atoms with E-state index >= 15 is 0 Å². The summed E-state index contributed by atoms with van der Waals surface area (Å²) >= 11 is 0. The number of benzene rings is 1. The molecule has 0 heterocycles. The summed E-state index contributed by atoms with van der Waals surface area (Å²) in [6, 6.07) is 9.15. The van der Waals surface area contributed by atoms with Crippen molar-refractivity contribution in [2.24, 2.45) is 0 Å². The van der Waals surface area contributed by atoms with Crippen molar-refractivity contribution < 1.29 is 19.1 Å². The molecule has 109 valence electrons. The van der Waals surface area contributed by atoms with Crippen LogP contribution < -0.4 is 5.32 Å². The molecule has 0 spiro atoms. The average molecular weight is 300 g/mol. The van der Waals surface area contributed by atoms with Gasteiger partial charge in [0.15, 0.2) is 0 Å². The largest absolute Gasteiger partial charge is 0.462 e. The zero-order valence-corrected chi connectivity index (χ0v) is 14.7. The van der Waals surface area contributed by atoms with Gasteiger partial charge in [-0.3, -0.25) is 4.79 Å². The summed E-state index contributed by atoms with van der Waals surface area (Å²) in [7, 11) is 0. The van der Waals surface area contributed by atoms with Crippen LogP contribution in [0.1, 0.15) is 19.4 Å². The molecule has 6 heteroatoms. The topological polar surface area (TPSA) is 64.6 Å². The SMILES string of the molecule is C=C(C)NC(OC(=O)Cc1ccccc1)C(=O)OCC.[Na]. The van der Waals surface area contributed by atoms with Gasteiger partial charge in [0.2, 0.25) is 0 Å². The van der Waals surface area contributed by atoms with E-state index in [1.807, 2.05) is 30.3 Å². The Hall–Kier alpha value is -1.30. The number of carbonyl (C=O) groups excluding carboxylic acids is 2. The minimum absolute atomic E-state index is 0. The van der Waals surface area contributed by atoms with Gasteiger partial charge in [-0.1, -0.05) is 36.9 Å². The maximum Gasteiger partial charge on any atom is 0.369 e. The number of carbonyl (C=O) groups is 2. The molecule has 0 aliphatic rings. The van der Waals surface area contributed by atoms with Gasteiger partial charge in [-0.15, -0.1) is 0 Å². The Morgan fingerprint density at radius 1 is 1.29 bits per heavy atom. The molecular formula is C15H19NNaO4. The summed E-state index contributed by atoms with van der Waals surface area (Å²) in [6.45, 7) is 7.18. The van der Waals surface area contributed by atoms with Gasteiger partial charge in [0.1, 0.15) is 0 Å². The minimum atomic E-state index is -1.16. The van der Waals surface area contributed by atoms with E-state index in [4.69, 9.17) is 9.47 Å². The third-order valence-corrected chi connectivity index (χ3v) is 2.32. The standard InChI is InChI=1S/C15H19NO4.Na/c1-4-19-15(18)14(16-11(2)3)20-13(17)10-12-8-6-5-7-9-12;/h5-9,14,16H,2,4,10H2,1,3H3;. The quantitative estimate of drug-likeness (QED) is 0.468. The van der Waals surface area contributed by atoms with E-state index < -0.39 is 18.2 Å². The number of allylic oxidation sites excluding steroid dienone is 1.